The van der Waals surface area contributed by atoms with Crippen LogP contribution < -0.4 is 9.73 Å². The molecule has 0 saturated heterocycles. The minimum absolute atomic E-state index is 0.0111. The van der Waals surface area contributed by atoms with Gasteiger partial charge in [0.1, 0.15) is 12.3 Å². The molecule has 0 aliphatic rings. The highest BCUT2D eigenvalue weighted by Crippen LogP contribution is 2.32. The van der Waals surface area contributed by atoms with Crippen LogP contribution in [0.4, 0.5) is 5.69 Å². The number of carbonyl (C=O) groups is 1. The molecule has 1 amide bonds. The zero-order valence-corrected chi connectivity index (χ0v) is 20.4. The number of carbonyl (C=O) groups excluding carboxylic acids is 1. The Morgan fingerprint density at radius 3 is 2.43 bits per heavy atom. The minimum Gasteiger partial charge on any atom is -0.507 e. The lowest BCUT2D eigenvalue weighted by Gasteiger charge is -2.24. The first-order valence-electron chi connectivity index (χ1n) is 10.3. The Morgan fingerprint density at radius 2 is 1.69 bits per heavy atom. The van der Waals surface area contributed by atoms with Crippen LogP contribution in [0.1, 0.15) is 5.56 Å². The number of amides is 1. The summed E-state index contributed by atoms with van der Waals surface area (Å²) in [5.41, 5.74) is 2.83. The summed E-state index contributed by atoms with van der Waals surface area (Å²) in [6.45, 7) is -0.600. The normalized spacial score (nSPS) is 11.6. The smallest absolute Gasteiger partial charge is 0.264 e. The summed E-state index contributed by atoms with van der Waals surface area (Å²) in [4.78, 5) is 12.7. The lowest BCUT2D eigenvalue weighted by Crippen LogP contribution is -2.39. The number of fused-ring (bicyclic) bond motifs is 1. The number of nitrogens with one attached hydrogen (secondary N) is 1. The van der Waals surface area contributed by atoms with E-state index in [1.165, 1.54) is 42.6 Å². The van der Waals surface area contributed by atoms with Crippen LogP contribution in [0.25, 0.3) is 10.8 Å². The van der Waals surface area contributed by atoms with E-state index in [1.807, 2.05) is 24.3 Å². The van der Waals surface area contributed by atoms with Gasteiger partial charge in [0.15, 0.2) is 0 Å². The number of phenolic OH excluding ortho intramolecular Hbond substituents is 1. The van der Waals surface area contributed by atoms with Gasteiger partial charge in [0.05, 0.1) is 21.8 Å². The highest BCUT2D eigenvalue weighted by atomic mass is 35.5. The molecule has 0 bridgehead atoms. The number of hydrogen-bond donors (Lipinski definition) is 2. The van der Waals surface area contributed by atoms with Crippen molar-refractivity contribution in [1.29, 1.82) is 0 Å². The van der Waals surface area contributed by atoms with Gasteiger partial charge < -0.3 is 5.11 Å². The Bertz CT molecular complexity index is 1530. The monoisotopic (exact) mass is 527 g/mol. The molecule has 35 heavy (non-hydrogen) atoms. The Morgan fingerprint density at radius 1 is 0.971 bits per heavy atom. The van der Waals surface area contributed by atoms with Crippen LogP contribution in [-0.4, -0.2) is 32.2 Å². The molecule has 0 atom stereocenters. The van der Waals surface area contributed by atoms with E-state index < -0.39 is 22.5 Å². The van der Waals surface area contributed by atoms with Crippen LogP contribution in [0.5, 0.6) is 5.75 Å². The van der Waals surface area contributed by atoms with E-state index in [9.17, 15) is 18.3 Å². The van der Waals surface area contributed by atoms with Gasteiger partial charge in [0.2, 0.25) is 0 Å². The second-order valence-corrected chi connectivity index (χ2v) is 10.1. The molecule has 0 spiro atoms. The van der Waals surface area contributed by atoms with Crippen LogP contribution in [0.2, 0.25) is 10.0 Å². The van der Waals surface area contributed by atoms with Gasteiger partial charge in [-0.1, -0.05) is 71.7 Å². The van der Waals surface area contributed by atoms with Gasteiger partial charge in [-0.25, -0.2) is 13.8 Å². The highest BCUT2D eigenvalue weighted by Gasteiger charge is 2.28. The molecule has 0 aliphatic carbocycles. The number of hydrazone groups is 1. The van der Waals surface area contributed by atoms with E-state index in [4.69, 9.17) is 23.2 Å². The van der Waals surface area contributed by atoms with Crippen molar-refractivity contribution in [1.82, 2.24) is 5.43 Å². The number of benzene rings is 4. The minimum atomic E-state index is -4.14. The maximum Gasteiger partial charge on any atom is 0.264 e. The zero-order chi connectivity index (χ0) is 25.0. The van der Waals surface area contributed by atoms with Crippen molar-refractivity contribution in [3.05, 3.63) is 101 Å². The first-order valence-corrected chi connectivity index (χ1v) is 12.5. The number of phenols is 1. The molecule has 0 aromatic heterocycles. The summed E-state index contributed by atoms with van der Waals surface area (Å²) in [6.07, 6.45) is 1.31. The first-order chi connectivity index (χ1) is 16.8. The fourth-order valence-corrected chi connectivity index (χ4v) is 5.48. The summed E-state index contributed by atoms with van der Waals surface area (Å²) in [7, 11) is -4.14. The summed E-state index contributed by atoms with van der Waals surface area (Å²) in [6, 6.07) is 22.7. The third-order valence-corrected chi connectivity index (χ3v) is 7.44. The molecule has 4 rings (SSSR count). The number of rotatable bonds is 7. The summed E-state index contributed by atoms with van der Waals surface area (Å²) >= 11 is 12.2. The van der Waals surface area contributed by atoms with Crippen LogP contribution >= 0.6 is 23.2 Å². The average Bonchev–Trinajstić information content (AvgIpc) is 2.85. The van der Waals surface area contributed by atoms with Gasteiger partial charge in [0.25, 0.3) is 15.9 Å². The van der Waals surface area contributed by atoms with E-state index >= 15 is 0 Å². The summed E-state index contributed by atoms with van der Waals surface area (Å²) in [5, 5.41) is 16.2. The molecule has 178 valence electrons. The van der Waals surface area contributed by atoms with Crippen molar-refractivity contribution in [3.8, 4) is 5.75 Å². The third-order valence-electron chi connectivity index (χ3n) is 5.13. The molecule has 7 nitrogen and oxygen atoms in total. The molecular weight excluding hydrogens is 509 g/mol. The molecule has 2 N–H and O–H groups in total. The number of hydrogen-bond acceptors (Lipinski definition) is 5. The van der Waals surface area contributed by atoms with Crippen molar-refractivity contribution in [3.63, 3.8) is 0 Å². The number of anilines is 1. The SMILES string of the molecule is O=C(CN(c1ccc(Cl)cc1Cl)S(=O)(=O)c1ccccc1)N/N=C\c1c(O)ccc2ccccc12. The van der Waals surface area contributed by atoms with Crippen LogP contribution in [0.3, 0.4) is 0 Å². The van der Waals surface area contributed by atoms with E-state index in [2.05, 4.69) is 10.5 Å². The topological polar surface area (TPSA) is 99.1 Å². The van der Waals surface area contributed by atoms with Gasteiger partial charge in [-0.05, 0) is 47.2 Å². The molecular formula is C25H19Cl2N3O4S. The highest BCUT2D eigenvalue weighted by molar-refractivity contribution is 7.92. The first kappa shape index (κ1) is 24.5. The lowest BCUT2D eigenvalue weighted by molar-refractivity contribution is -0.119. The van der Waals surface area contributed by atoms with E-state index in [-0.39, 0.29) is 21.4 Å². The van der Waals surface area contributed by atoms with Crippen molar-refractivity contribution >= 4 is 61.8 Å². The molecule has 4 aromatic carbocycles. The second-order valence-electron chi connectivity index (χ2n) is 7.43. The fraction of sp³-hybridized carbons (Fsp3) is 0.0400. The van der Waals surface area contributed by atoms with Gasteiger partial charge in [-0.15, -0.1) is 0 Å². The van der Waals surface area contributed by atoms with Crippen LogP contribution in [-0.2, 0) is 14.8 Å². The van der Waals surface area contributed by atoms with Gasteiger partial charge in [-0.2, -0.15) is 5.10 Å². The molecule has 0 fully saturated rings. The third kappa shape index (κ3) is 5.40. The Labute approximate surface area is 212 Å². The molecule has 0 radical (unpaired) electrons. The van der Waals surface area contributed by atoms with E-state index in [0.29, 0.717) is 10.6 Å². The average molecular weight is 528 g/mol. The maximum absolute atomic E-state index is 13.4. The largest absolute Gasteiger partial charge is 0.507 e. The number of halogens is 2. The Hall–Kier alpha value is -3.59. The van der Waals surface area contributed by atoms with Gasteiger partial charge in [0, 0.05) is 10.6 Å². The Kier molecular flexibility index (Phi) is 7.25. The molecule has 0 heterocycles. The maximum atomic E-state index is 13.4. The van der Waals surface area contributed by atoms with E-state index in [0.717, 1.165) is 15.1 Å². The zero-order valence-electron chi connectivity index (χ0n) is 18.1. The number of aromatic hydroxyl groups is 1. The molecule has 10 heteroatoms. The molecule has 0 saturated carbocycles. The standard InChI is InChI=1S/C25H19Cl2N3O4S/c26-18-11-12-23(22(27)14-18)30(35(33,34)19-7-2-1-3-8-19)16-25(32)29-28-15-21-20-9-5-4-6-17(20)10-13-24(21)31/h1-15,31H,16H2,(H,29,32)/b28-15-. The second kappa shape index (κ2) is 10.4. The fourth-order valence-electron chi connectivity index (χ4n) is 3.46. The number of sulfonamides is 1. The van der Waals surface area contributed by atoms with E-state index in [1.54, 1.807) is 24.3 Å². The quantitative estimate of drug-likeness (QED) is 0.255. The van der Waals surface area contributed by atoms with Crippen molar-refractivity contribution in [2.24, 2.45) is 5.10 Å². The van der Waals surface area contributed by atoms with Crippen molar-refractivity contribution < 1.29 is 18.3 Å². The Balaban J connectivity index is 1.62. The summed E-state index contributed by atoms with van der Waals surface area (Å²) in [5.74, 6) is -0.727. The number of nitrogens with zero attached hydrogens (tertiary/aromatic N) is 2. The molecule has 4 aromatic rings. The molecule has 0 unspecified atom stereocenters. The molecule has 0 aliphatic heterocycles. The summed E-state index contributed by atoms with van der Waals surface area (Å²) < 4.78 is 27.6. The predicted molar refractivity (Wildman–Crippen MR) is 139 cm³/mol. The van der Waals surface area contributed by atoms with Crippen molar-refractivity contribution in [2.75, 3.05) is 10.8 Å². The predicted octanol–water partition coefficient (Wildman–Crippen LogP) is 5.20. The van der Waals surface area contributed by atoms with Gasteiger partial charge in [-0.3, -0.25) is 9.10 Å². The van der Waals surface area contributed by atoms with Crippen LogP contribution in [0, 0.1) is 0 Å². The van der Waals surface area contributed by atoms with Gasteiger partial charge >= 0.3 is 0 Å². The van der Waals surface area contributed by atoms with Crippen molar-refractivity contribution in [2.45, 2.75) is 4.90 Å². The van der Waals surface area contributed by atoms with Crippen LogP contribution in [0.15, 0.2) is 94.9 Å². The lowest BCUT2D eigenvalue weighted by atomic mass is 10.0.